The first-order valence-corrected chi connectivity index (χ1v) is 7.39. The Morgan fingerprint density at radius 1 is 1.30 bits per heavy atom. The van der Waals surface area contributed by atoms with Gasteiger partial charge in [0.15, 0.2) is 0 Å². The van der Waals surface area contributed by atoms with Gasteiger partial charge in [0.05, 0.1) is 5.02 Å². The molecule has 1 aromatic rings. The monoisotopic (exact) mass is 295 g/mol. The molecule has 20 heavy (non-hydrogen) atoms. The summed E-state index contributed by atoms with van der Waals surface area (Å²) in [5.41, 5.74) is 0. The maximum Gasteiger partial charge on any atom is 0.251 e. The average molecular weight is 296 g/mol. The molecule has 0 spiro atoms. The zero-order chi connectivity index (χ0) is 13.9. The van der Waals surface area contributed by atoms with Crippen LogP contribution in [0, 0.1) is 0 Å². The van der Waals surface area contributed by atoms with Crippen molar-refractivity contribution in [3.63, 3.8) is 0 Å². The van der Waals surface area contributed by atoms with Crippen LogP contribution in [0.15, 0.2) is 18.3 Å². The first kappa shape index (κ1) is 13.6. The molecule has 5 nitrogen and oxygen atoms in total. The van der Waals surface area contributed by atoms with E-state index in [2.05, 4.69) is 9.88 Å². The van der Waals surface area contributed by atoms with Crippen LogP contribution in [0.2, 0.25) is 5.02 Å². The van der Waals surface area contributed by atoms with Crippen molar-refractivity contribution >= 4 is 23.3 Å². The van der Waals surface area contributed by atoms with Crippen LogP contribution in [0.25, 0.3) is 0 Å². The van der Waals surface area contributed by atoms with Crippen molar-refractivity contribution in [1.82, 2.24) is 9.88 Å². The highest BCUT2D eigenvalue weighted by Crippen LogP contribution is 2.19. The Balaban J connectivity index is 1.56. The fourth-order valence-corrected chi connectivity index (χ4v) is 2.80. The molecule has 1 unspecified atom stereocenters. The third-order valence-corrected chi connectivity index (χ3v) is 4.06. The van der Waals surface area contributed by atoms with Gasteiger partial charge in [-0.15, -0.1) is 0 Å². The van der Waals surface area contributed by atoms with Gasteiger partial charge in [-0.25, -0.2) is 4.98 Å². The number of hydrogen-bond acceptors (Lipinski definition) is 4. The average Bonchev–Trinajstić information content (AvgIpc) is 3.02. The lowest BCUT2D eigenvalue weighted by atomic mass is 10.2. The van der Waals surface area contributed by atoms with E-state index in [1.165, 1.54) is 0 Å². The van der Waals surface area contributed by atoms with Crippen LogP contribution in [0.4, 0.5) is 5.82 Å². The fraction of sp³-hybridized carbons (Fsp3) is 0.571. The zero-order valence-electron chi connectivity index (χ0n) is 11.3. The van der Waals surface area contributed by atoms with Gasteiger partial charge in [0.2, 0.25) is 0 Å². The number of carbonyl (C=O) groups is 1. The molecule has 1 atom stereocenters. The van der Waals surface area contributed by atoms with Gasteiger partial charge < -0.3 is 14.5 Å². The van der Waals surface area contributed by atoms with Gasteiger partial charge in [0, 0.05) is 39.0 Å². The van der Waals surface area contributed by atoms with Crippen molar-refractivity contribution in [3.05, 3.63) is 23.4 Å². The highest BCUT2D eigenvalue weighted by atomic mass is 35.5. The van der Waals surface area contributed by atoms with Crippen molar-refractivity contribution in [3.8, 4) is 0 Å². The highest BCUT2D eigenvalue weighted by Gasteiger charge is 2.30. The molecule has 0 radical (unpaired) electrons. The van der Waals surface area contributed by atoms with Crippen LogP contribution >= 0.6 is 11.6 Å². The zero-order valence-corrected chi connectivity index (χ0v) is 12.1. The Morgan fingerprint density at radius 3 is 2.70 bits per heavy atom. The minimum atomic E-state index is -0.213. The van der Waals surface area contributed by atoms with Crippen LogP contribution in [0.3, 0.4) is 0 Å². The number of ether oxygens (including phenoxy) is 1. The predicted molar refractivity (Wildman–Crippen MR) is 77.0 cm³/mol. The number of pyridine rings is 1. The molecule has 1 amide bonds. The number of carbonyl (C=O) groups excluding carboxylic acids is 1. The Bertz CT molecular complexity index is 466. The van der Waals surface area contributed by atoms with E-state index in [4.69, 9.17) is 16.3 Å². The summed E-state index contributed by atoms with van der Waals surface area (Å²) in [5, 5.41) is 0.640. The molecule has 2 saturated heterocycles. The Kier molecular flexibility index (Phi) is 4.08. The summed E-state index contributed by atoms with van der Waals surface area (Å²) in [6, 6.07) is 3.76. The minimum absolute atomic E-state index is 0.145. The maximum absolute atomic E-state index is 12.2. The topological polar surface area (TPSA) is 45.7 Å². The molecule has 2 fully saturated rings. The Hall–Kier alpha value is -1.33. The number of anilines is 1. The number of nitrogens with zero attached hydrogens (tertiary/aromatic N) is 3. The van der Waals surface area contributed by atoms with Gasteiger partial charge in [0.1, 0.15) is 11.9 Å². The number of hydrogen-bond donors (Lipinski definition) is 0. The van der Waals surface area contributed by atoms with E-state index in [1.807, 2.05) is 17.0 Å². The van der Waals surface area contributed by atoms with Gasteiger partial charge in [-0.1, -0.05) is 11.6 Å². The van der Waals surface area contributed by atoms with E-state index in [0.717, 1.165) is 44.8 Å². The summed E-state index contributed by atoms with van der Waals surface area (Å²) >= 11 is 5.84. The van der Waals surface area contributed by atoms with Crippen LogP contribution in [0.5, 0.6) is 0 Å². The molecule has 0 aromatic carbocycles. The number of aromatic nitrogens is 1. The first-order valence-electron chi connectivity index (χ1n) is 7.01. The van der Waals surface area contributed by atoms with Gasteiger partial charge >= 0.3 is 0 Å². The summed E-state index contributed by atoms with van der Waals surface area (Å²) in [6.07, 6.45) is 3.29. The molecule has 0 saturated carbocycles. The van der Waals surface area contributed by atoms with E-state index < -0.39 is 0 Å². The lowest BCUT2D eigenvalue weighted by Gasteiger charge is -2.36. The number of rotatable bonds is 2. The molecule has 3 rings (SSSR count). The van der Waals surface area contributed by atoms with Gasteiger partial charge in [-0.05, 0) is 25.0 Å². The SMILES string of the molecule is O=C(C1CCCO1)N1CCN(c2ccc(Cl)cn2)CC1. The Morgan fingerprint density at radius 2 is 2.10 bits per heavy atom. The largest absolute Gasteiger partial charge is 0.368 e. The molecule has 6 heteroatoms. The highest BCUT2D eigenvalue weighted by molar-refractivity contribution is 6.30. The van der Waals surface area contributed by atoms with Gasteiger partial charge in [-0.2, -0.15) is 0 Å². The quantitative estimate of drug-likeness (QED) is 0.831. The molecule has 2 aliphatic rings. The molecule has 1 aromatic heterocycles. The summed E-state index contributed by atoms with van der Waals surface area (Å²) in [5.74, 6) is 1.06. The number of amides is 1. The van der Waals surface area contributed by atoms with Crippen LogP contribution in [-0.4, -0.2) is 54.7 Å². The molecular weight excluding hydrogens is 278 g/mol. The van der Waals surface area contributed by atoms with Crippen molar-refractivity contribution in [2.75, 3.05) is 37.7 Å². The summed E-state index contributed by atoms with van der Waals surface area (Å²) < 4.78 is 5.46. The second kappa shape index (κ2) is 5.97. The fourth-order valence-electron chi connectivity index (χ4n) is 2.69. The standard InChI is InChI=1S/C14H18ClN3O2/c15-11-3-4-13(16-10-11)17-5-7-18(8-6-17)14(19)12-2-1-9-20-12/h3-4,10,12H,1-2,5-9H2. The lowest BCUT2D eigenvalue weighted by molar-refractivity contribution is -0.141. The third kappa shape index (κ3) is 2.88. The van der Waals surface area contributed by atoms with Crippen molar-refractivity contribution < 1.29 is 9.53 Å². The summed E-state index contributed by atoms with van der Waals surface area (Å²) in [7, 11) is 0. The van der Waals surface area contributed by atoms with Crippen LogP contribution in [0.1, 0.15) is 12.8 Å². The summed E-state index contributed by atoms with van der Waals surface area (Å²) in [4.78, 5) is 20.6. The molecule has 3 heterocycles. The molecule has 0 bridgehead atoms. The Labute approximate surface area is 123 Å². The molecule has 108 valence electrons. The van der Waals surface area contributed by atoms with E-state index >= 15 is 0 Å². The van der Waals surface area contributed by atoms with E-state index in [0.29, 0.717) is 11.6 Å². The number of halogens is 1. The van der Waals surface area contributed by atoms with Crippen molar-refractivity contribution in [2.45, 2.75) is 18.9 Å². The minimum Gasteiger partial charge on any atom is -0.368 e. The second-order valence-electron chi connectivity index (χ2n) is 5.15. The maximum atomic E-state index is 12.2. The van der Waals surface area contributed by atoms with E-state index in [1.54, 1.807) is 6.20 Å². The molecule has 0 N–H and O–H groups in total. The predicted octanol–water partition coefficient (Wildman–Crippen LogP) is 1.56. The molecular formula is C14H18ClN3O2. The first-order chi connectivity index (χ1) is 9.74. The van der Waals surface area contributed by atoms with Gasteiger partial charge in [-0.3, -0.25) is 4.79 Å². The van der Waals surface area contributed by atoms with E-state index in [-0.39, 0.29) is 12.0 Å². The van der Waals surface area contributed by atoms with Crippen LogP contribution in [-0.2, 0) is 9.53 Å². The molecule has 2 aliphatic heterocycles. The normalized spacial score (nSPS) is 23.1. The van der Waals surface area contributed by atoms with Crippen molar-refractivity contribution in [2.24, 2.45) is 0 Å². The van der Waals surface area contributed by atoms with Crippen molar-refractivity contribution in [1.29, 1.82) is 0 Å². The lowest BCUT2D eigenvalue weighted by Crippen LogP contribution is -2.51. The van der Waals surface area contributed by atoms with E-state index in [9.17, 15) is 4.79 Å². The third-order valence-electron chi connectivity index (χ3n) is 3.83. The number of piperazine rings is 1. The second-order valence-corrected chi connectivity index (χ2v) is 5.59. The van der Waals surface area contributed by atoms with Crippen LogP contribution < -0.4 is 4.90 Å². The van der Waals surface area contributed by atoms with Gasteiger partial charge in [0.25, 0.3) is 5.91 Å². The smallest absolute Gasteiger partial charge is 0.251 e. The molecule has 0 aliphatic carbocycles. The summed E-state index contributed by atoms with van der Waals surface area (Å²) in [6.45, 7) is 3.76.